The Bertz CT molecular complexity index is 662. The van der Waals surface area contributed by atoms with Gasteiger partial charge in [-0.3, -0.25) is 5.43 Å². The van der Waals surface area contributed by atoms with Crippen LogP contribution >= 0.6 is 0 Å². The number of pyridine rings is 2. The van der Waals surface area contributed by atoms with E-state index in [0.717, 1.165) is 5.12 Å². The molecule has 106 valence electrons. The zero-order valence-electron chi connectivity index (χ0n) is 10.7. The molecule has 1 aliphatic rings. The highest BCUT2D eigenvalue weighted by Crippen LogP contribution is 2.20. The average Bonchev–Trinajstić information content (AvgIpc) is 2.51. The van der Waals surface area contributed by atoms with E-state index in [1.54, 1.807) is 48.8 Å². The van der Waals surface area contributed by atoms with Crippen molar-refractivity contribution in [3.05, 3.63) is 60.9 Å². The molecule has 0 saturated carbocycles. The number of aromatic nitrogens is 2. The first-order chi connectivity index (χ1) is 10.2. The van der Waals surface area contributed by atoms with Crippen LogP contribution in [0.1, 0.15) is 0 Å². The van der Waals surface area contributed by atoms with Crippen LogP contribution in [0.15, 0.2) is 60.9 Å². The highest BCUT2D eigenvalue weighted by molar-refractivity contribution is 5.74. The zero-order chi connectivity index (χ0) is 14.7. The summed E-state index contributed by atoms with van der Waals surface area (Å²) in [6.45, 7) is 0. The number of ether oxygens (including phenoxy) is 1. The van der Waals surface area contributed by atoms with Crippen LogP contribution in [0.25, 0.3) is 0 Å². The molecule has 3 rings (SSSR count). The van der Waals surface area contributed by atoms with Crippen LogP contribution in [-0.2, 0) is 4.74 Å². The van der Waals surface area contributed by atoms with E-state index in [0.29, 0.717) is 11.6 Å². The molecule has 2 aromatic heterocycles. The van der Waals surface area contributed by atoms with Crippen LogP contribution in [0.4, 0.5) is 16.4 Å². The van der Waals surface area contributed by atoms with Crippen LogP contribution in [0, 0.1) is 0 Å². The maximum atomic E-state index is 11.9. The van der Waals surface area contributed by atoms with E-state index in [1.165, 1.54) is 11.2 Å². The number of cyclic esters (lactones) is 1. The number of carbonyl (C=O) groups excluding carboxylic acids is 1. The zero-order valence-corrected chi connectivity index (χ0v) is 10.7. The highest BCUT2D eigenvalue weighted by atomic mass is 16.7. The minimum absolute atomic E-state index is 0.420. The molecular weight excluding hydrogens is 274 g/mol. The van der Waals surface area contributed by atoms with Crippen molar-refractivity contribution in [1.82, 2.24) is 15.1 Å². The number of amides is 1. The number of anilines is 2. The summed E-state index contributed by atoms with van der Waals surface area (Å²) in [4.78, 5) is 20.1. The SMILES string of the molecule is O=C1OC(O)=CN(c2ccccn2)N1Nc1ccccn1. The molecule has 21 heavy (non-hydrogen) atoms. The van der Waals surface area contributed by atoms with Gasteiger partial charge in [-0.1, -0.05) is 12.1 Å². The van der Waals surface area contributed by atoms with E-state index in [9.17, 15) is 9.90 Å². The summed E-state index contributed by atoms with van der Waals surface area (Å²) in [5.41, 5.74) is 2.78. The summed E-state index contributed by atoms with van der Waals surface area (Å²) in [5, 5.41) is 11.8. The number of rotatable bonds is 3. The maximum absolute atomic E-state index is 11.9. The predicted molar refractivity (Wildman–Crippen MR) is 73.6 cm³/mol. The number of nitrogens with one attached hydrogen (secondary N) is 1. The molecule has 2 aromatic rings. The smallest absolute Gasteiger partial charge is 0.457 e. The van der Waals surface area contributed by atoms with E-state index < -0.39 is 12.0 Å². The molecule has 1 amide bonds. The molecule has 8 nitrogen and oxygen atoms in total. The number of hydrogen-bond donors (Lipinski definition) is 2. The first kappa shape index (κ1) is 12.7. The number of carbonyl (C=O) groups is 1. The van der Waals surface area contributed by atoms with Crippen molar-refractivity contribution in [2.75, 3.05) is 10.4 Å². The van der Waals surface area contributed by atoms with Gasteiger partial charge in [0.05, 0.1) is 0 Å². The molecule has 0 aliphatic carbocycles. The first-order valence-electron chi connectivity index (χ1n) is 6.04. The number of hydrogen-bond acceptors (Lipinski definition) is 7. The van der Waals surface area contributed by atoms with Crippen molar-refractivity contribution >= 4 is 17.7 Å². The van der Waals surface area contributed by atoms with E-state index >= 15 is 0 Å². The topological polar surface area (TPSA) is 90.8 Å². The summed E-state index contributed by atoms with van der Waals surface area (Å²) < 4.78 is 4.67. The molecule has 0 radical (unpaired) electrons. The van der Waals surface area contributed by atoms with Crippen molar-refractivity contribution in [3.63, 3.8) is 0 Å². The van der Waals surface area contributed by atoms with Gasteiger partial charge in [-0.05, 0) is 24.3 Å². The average molecular weight is 285 g/mol. The van der Waals surface area contributed by atoms with Gasteiger partial charge in [-0.25, -0.2) is 19.8 Å². The van der Waals surface area contributed by atoms with Gasteiger partial charge in [0.15, 0.2) is 5.82 Å². The van der Waals surface area contributed by atoms with E-state index in [4.69, 9.17) is 0 Å². The Labute approximate surface area is 119 Å². The van der Waals surface area contributed by atoms with Gasteiger partial charge >= 0.3 is 12.0 Å². The fourth-order valence-corrected chi connectivity index (χ4v) is 1.70. The van der Waals surface area contributed by atoms with Gasteiger partial charge in [0, 0.05) is 12.4 Å². The van der Waals surface area contributed by atoms with Crippen molar-refractivity contribution in [3.8, 4) is 0 Å². The molecule has 0 unspecified atom stereocenters. The number of aliphatic hydroxyl groups excluding tert-OH is 1. The van der Waals surface area contributed by atoms with E-state index in [-0.39, 0.29) is 0 Å². The maximum Gasteiger partial charge on any atom is 0.457 e. The second-order valence-electron chi connectivity index (χ2n) is 4.01. The van der Waals surface area contributed by atoms with Gasteiger partial charge in [0.2, 0.25) is 0 Å². The second-order valence-corrected chi connectivity index (χ2v) is 4.01. The summed E-state index contributed by atoms with van der Waals surface area (Å²) in [7, 11) is 0. The lowest BCUT2D eigenvalue weighted by molar-refractivity contribution is 0.0760. The minimum atomic E-state index is -0.814. The van der Waals surface area contributed by atoms with Crippen molar-refractivity contribution in [2.45, 2.75) is 0 Å². The lowest BCUT2D eigenvalue weighted by atomic mass is 10.4. The van der Waals surface area contributed by atoms with Crippen LogP contribution < -0.4 is 10.4 Å². The first-order valence-corrected chi connectivity index (χ1v) is 6.04. The van der Waals surface area contributed by atoms with E-state index in [1.807, 2.05) is 0 Å². The summed E-state index contributed by atoms with van der Waals surface area (Å²) in [6.07, 6.45) is 3.56. The number of aliphatic hydroxyl groups is 1. The molecule has 8 heteroatoms. The second kappa shape index (κ2) is 5.37. The van der Waals surface area contributed by atoms with Crippen molar-refractivity contribution in [1.29, 1.82) is 0 Å². The van der Waals surface area contributed by atoms with Crippen LogP contribution in [0.5, 0.6) is 0 Å². The van der Waals surface area contributed by atoms with Gasteiger partial charge < -0.3 is 9.84 Å². The third kappa shape index (κ3) is 2.68. The van der Waals surface area contributed by atoms with Gasteiger partial charge in [-0.15, -0.1) is 5.12 Å². The quantitative estimate of drug-likeness (QED) is 0.891. The molecular formula is C13H11N5O3. The summed E-state index contributed by atoms with van der Waals surface area (Å²) in [5.74, 6) is 0.332. The van der Waals surface area contributed by atoms with Crippen molar-refractivity contribution in [2.24, 2.45) is 0 Å². The van der Waals surface area contributed by atoms with E-state index in [2.05, 4.69) is 20.1 Å². The van der Waals surface area contributed by atoms with Crippen LogP contribution in [0.3, 0.4) is 0 Å². The van der Waals surface area contributed by atoms with Gasteiger partial charge in [0.25, 0.3) is 0 Å². The van der Waals surface area contributed by atoms with Crippen molar-refractivity contribution < 1.29 is 14.6 Å². The normalized spacial score (nSPS) is 14.5. The Balaban J connectivity index is 1.93. The molecule has 0 aromatic carbocycles. The Morgan fingerprint density at radius 2 is 1.86 bits per heavy atom. The standard InChI is InChI=1S/C13H11N5O3/c19-12-9-17(11-6-2-4-8-15-11)18(13(20)21-12)16-10-5-1-3-7-14-10/h1-9,19H,(H,14,16). The Hall–Kier alpha value is -3.29. The fourth-order valence-electron chi connectivity index (χ4n) is 1.70. The molecule has 0 fully saturated rings. The summed E-state index contributed by atoms with van der Waals surface area (Å²) >= 11 is 0. The third-order valence-corrected chi connectivity index (χ3v) is 2.58. The number of hydrazine groups is 2. The summed E-state index contributed by atoms with van der Waals surface area (Å²) in [6, 6.07) is 10.4. The Morgan fingerprint density at radius 1 is 1.10 bits per heavy atom. The monoisotopic (exact) mass is 285 g/mol. The Morgan fingerprint density at radius 3 is 2.52 bits per heavy atom. The Kier molecular flexibility index (Phi) is 3.26. The lowest BCUT2D eigenvalue weighted by Crippen LogP contribution is -2.51. The fraction of sp³-hybridized carbons (Fsp3) is 0. The molecule has 2 N–H and O–H groups in total. The van der Waals surface area contributed by atoms with Crippen LogP contribution in [-0.4, -0.2) is 26.3 Å². The third-order valence-electron chi connectivity index (χ3n) is 2.58. The largest absolute Gasteiger partial charge is 0.479 e. The molecule has 0 saturated heterocycles. The van der Waals surface area contributed by atoms with Gasteiger partial charge in [0.1, 0.15) is 12.0 Å². The molecule has 0 spiro atoms. The minimum Gasteiger partial charge on any atom is -0.479 e. The lowest BCUT2D eigenvalue weighted by Gasteiger charge is -2.34. The molecule has 1 aliphatic heterocycles. The molecule has 3 heterocycles. The highest BCUT2D eigenvalue weighted by Gasteiger charge is 2.30. The van der Waals surface area contributed by atoms with Gasteiger partial charge in [-0.2, -0.15) is 0 Å². The number of nitrogens with zero attached hydrogens (tertiary/aromatic N) is 4. The predicted octanol–water partition coefficient (Wildman–Crippen LogP) is 2.03. The molecule has 0 bridgehead atoms. The molecule has 0 atom stereocenters. The van der Waals surface area contributed by atoms with Crippen LogP contribution in [0.2, 0.25) is 0 Å².